The van der Waals surface area contributed by atoms with E-state index in [1.807, 2.05) is 18.2 Å². The maximum Gasteiger partial charge on any atom is 0.407 e. The molecule has 1 aliphatic heterocycles. The van der Waals surface area contributed by atoms with E-state index in [2.05, 4.69) is 48.4 Å². The molecule has 6 rings (SSSR count). The third kappa shape index (κ3) is 5.66. The Morgan fingerprint density at radius 1 is 1.05 bits per heavy atom. The fourth-order valence-corrected chi connectivity index (χ4v) is 6.97. The Hall–Kier alpha value is -4.66. The summed E-state index contributed by atoms with van der Waals surface area (Å²) in [4.78, 5) is 30.1. The van der Waals surface area contributed by atoms with Crippen LogP contribution in [0.5, 0.6) is 0 Å². The van der Waals surface area contributed by atoms with Crippen molar-refractivity contribution < 1.29 is 19.4 Å². The van der Waals surface area contributed by atoms with Gasteiger partial charge in [0.05, 0.1) is 18.5 Å². The van der Waals surface area contributed by atoms with Crippen molar-refractivity contribution in [1.82, 2.24) is 19.7 Å². The van der Waals surface area contributed by atoms with Crippen molar-refractivity contribution in [1.29, 1.82) is 0 Å². The van der Waals surface area contributed by atoms with Gasteiger partial charge in [-0.05, 0) is 97.2 Å². The van der Waals surface area contributed by atoms with Crippen molar-refractivity contribution >= 4 is 17.9 Å². The third-order valence-electron chi connectivity index (χ3n) is 9.17. The van der Waals surface area contributed by atoms with E-state index in [0.29, 0.717) is 30.7 Å². The maximum absolute atomic E-state index is 12.3. The number of aromatic nitrogens is 3. The summed E-state index contributed by atoms with van der Waals surface area (Å²) in [6.07, 6.45) is 6.37. The molecule has 2 aromatic heterocycles. The van der Waals surface area contributed by atoms with Crippen molar-refractivity contribution in [3.05, 3.63) is 94.2 Å². The quantitative estimate of drug-likeness (QED) is 0.227. The number of likely N-dealkylation sites (tertiary alicyclic amines) is 1. The number of benzene rings is 2. The molecule has 0 saturated carbocycles. The second-order valence-corrected chi connectivity index (χ2v) is 11.7. The van der Waals surface area contributed by atoms with Gasteiger partial charge in [-0.3, -0.25) is 0 Å². The highest BCUT2D eigenvalue weighted by Gasteiger charge is 2.28. The van der Waals surface area contributed by atoms with E-state index in [9.17, 15) is 14.7 Å². The lowest BCUT2D eigenvalue weighted by Crippen LogP contribution is -2.37. The number of hydrogen-bond acceptors (Lipinski definition) is 6. The molecule has 1 amide bonds. The molecular weight excluding hydrogens is 554 g/mol. The van der Waals surface area contributed by atoms with Gasteiger partial charge in [0.1, 0.15) is 11.4 Å². The predicted molar refractivity (Wildman–Crippen MR) is 169 cm³/mol. The first-order valence-electron chi connectivity index (χ1n) is 15.6. The monoisotopic (exact) mass is 593 g/mol. The number of amides is 1. The van der Waals surface area contributed by atoms with Gasteiger partial charge in [0.25, 0.3) is 0 Å². The van der Waals surface area contributed by atoms with Gasteiger partial charge < -0.3 is 20.5 Å². The summed E-state index contributed by atoms with van der Waals surface area (Å²) in [6.45, 7) is 5.42. The number of carbonyl (C=O) groups is 2. The van der Waals surface area contributed by atoms with E-state index in [1.54, 1.807) is 6.92 Å². The van der Waals surface area contributed by atoms with Gasteiger partial charge in [-0.1, -0.05) is 49.4 Å². The second kappa shape index (κ2) is 12.5. The molecule has 9 nitrogen and oxygen atoms in total. The molecule has 9 heteroatoms. The lowest BCUT2D eigenvalue weighted by molar-refractivity contribution is 0.0527. The number of nitrogen functional groups attached to an aromatic ring is 1. The summed E-state index contributed by atoms with van der Waals surface area (Å²) in [5.41, 5.74) is 15.3. The minimum atomic E-state index is -0.818. The van der Waals surface area contributed by atoms with Crippen LogP contribution < -0.4 is 5.73 Å². The zero-order valence-electron chi connectivity index (χ0n) is 25.3. The number of hydrogen-bond donors (Lipinski definition) is 2. The van der Waals surface area contributed by atoms with Crippen LogP contribution >= 0.6 is 0 Å². The van der Waals surface area contributed by atoms with E-state index in [4.69, 9.17) is 15.5 Å². The van der Waals surface area contributed by atoms with E-state index < -0.39 is 12.1 Å². The molecule has 4 aromatic rings. The number of fused-ring (bicyclic) bond motifs is 1. The topological polar surface area (TPSA) is 124 Å². The first-order chi connectivity index (χ1) is 21.4. The number of aryl methyl sites for hydroxylation is 2. The number of esters is 1. The molecule has 1 atom stereocenters. The number of nitrogens with two attached hydrogens (primary N) is 1. The number of carboxylic acid groups (broad SMARTS) is 1. The largest absolute Gasteiger partial charge is 0.465 e. The third-order valence-corrected chi connectivity index (χ3v) is 9.17. The first kappa shape index (κ1) is 29.4. The molecule has 1 saturated heterocycles. The van der Waals surface area contributed by atoms with Gasteiger partial charge in [0.2, 0.25) is 0 Å². The van der Waals surface area contributed by atoms with Crippen molar-refractivity contribution in [3.8, 4) is 17.1 Å². The number of ether oxygens (including phenoxy) is 1. The average molecular weight is 594 g/mol. The van der Waals surface area contributed by atoms with E-state index in [0.717, 1.165) is 49.8 Å². The van der Waals surface area contributed by atoms with E-state index >= 15 is 0 Å². The smallest absolute Gasteiger partial charge is 0.407 e. The molecule has 1 fully saturated rings. The van der Waals surface area contributed by atoms with Crippen LogP contribution in [-0.4, -0.2) is 56.5 Å². The Morgan fingerprint density at radius 3 is 2.59 bits per heavy atom. The Bertz CT molecular complexity index is 1690. The van der Waals surface area contributed by atoms with Crippen LogP contribution in [0.3, 0.4) is 0 Å². The van der Waals surface area contributed by atoms with Gasteiger partial charge in [-0.15, -0.1) is 0 Å². The van der Waals surface area contributed by atoms with Crippen LogP contribution in [0.4, 0.5) is 10.6 Å². The maximum atomic E-state index is 12.3. The lowest BCUT2D eigenvalue weighted by Gasteiger charge is -2.31. The van der Waals surface area contributed by atoms with Crippen LogP contribution in [0.15, 0.2) is 60.8 Å². The fraction of sp³-hybridized carbons (Fsp3) is 0.371. The van der Waals surface area contributed by atoms with E-state index in [1.165, 1.54) is 43.6 Å². The molecule has 2 aliphatic rings. The number of rotatable bonds is 8. The van der Waals surface area contributed by atoms with Crippen LogP contribution in [0.2, 0.25) is 0 Å². The second-order valence-electron chi connectivity index (χ2n) is 11.7. The summed E-state index contributed by atoms with van der Waals surface area (Å²) in [5, 5.41) is 13.7. The molecular formula is C35H39N5O4. The van der Waals surface area contributed by atoms with Crippen molar-refractivity contribution in [2.24, 2.45) is 0 Å². The minimum Gasteiger partial charge on any atom is -0.465 e. The van der Waals surface area contributed by atoms with Crippen molar-refractivity contribution in [2.75, 3.05) is 25.4 Å². The minimum absolute atomic E-state index is 0.201. The molecule has 0 spiro atoms. The summed E-state index contributed by atoms with van der Waals surface area (Å²) in [7, 11) is 0. The number of pyridine rings is 1. The summed E-state index contributed by atoms with van der Waals surface area (Å²) in [5.74, 6) is 1.01. The standard InChI is InChI=1S/C35H39N5O4/c1-3-23-19-22(11-14-27(23)24-15-17-39(18-16-24)35(42)43)20-26-13-12-25-7-5-8-28(32(25)26)30-9-6-10-31(38-30)40-33(36)29(21-37-40)34(41)44-4-2/h5-11,14,19,21,24,26H,3-4,12-13,15-18,20,36H2,1-2H3,(H,42,43)/t26-/m1/s1. The Balaban J connectivity index is 1.25. The zero-order chi connectivity index (χ0) is 30.8. The molecule has 3 N–H and O–H groups in total. The first-order valence-corrected chi connectivity index (χ1v) is 15.6. The van der Waals surface area contributed by atoms with Gasteiger partial charge >= 0.3 is 12.1 Å². The molecule has 1 aliphatic carbocycles. The van der Waals surface area contributed by atoms with Gasteiger partial charge in [-0.2, -0.15) is 9.78 Å². The highest BCUT2D eigenvalue weighted by Crippen LogP contribution is 2.42. The highest BCUT2D eigenvalue weighted by atomic mass is 16.5. The summed E-state index contributed by atoms with van der Waals surface area (Å²) < 4.78 is 6.59. The molecule has 228 valence electrons. The SMILES string of the molecule is CCOC(=O)c1cnn(-c2cccc(-c3cccc4c3[C@@H](Cc3ccc(C5CCN(C(=O)O)CC5)c(CC)c3)CC4)n2)c1N. The zero-order valence-corrected chi connectivity index (χ0v) is 25.3. The Labute approximate surface area is 257 Å². The molecule has 0 radical (unpaired) electrons. The highest BCUT2D eigenvalue weighted by molar-refractivity contribution is 5.94. The normalized spacial score (nSPS) is 16.6. The number of carbonyl (C=O) groups excluding carboxylic acids is 1. The van der Waals surface area contributed by atoms with E-state index in [-0.39, 0.29) is 18.0 Å². The summed E-state index contributed by atoms with van der Waals surface area (Å²) in [6, 6.07) is 19.2. The van der Waals surface area contributed by atoms with Gasteiger partial charge in [0, 0.05) is 18.7 Å². The molecule has 44 heavy (non-hydrogen) atoms. The van der Waals surface area contributed by atoms with Crippen LogP contribution in [0.25, 0.3) is 17.1 Å². The van der Waals surface area contributed by atoms with Crippen molar-refractivity contribution in [3.63, 3.8) is 0 Å². The predicted octanol–water partition coefficient (Wildman–Crippen LogP) is 6.39. The number of anilines is 1. The summed E-state index contributed by atoms with van der Waals surface area (Å²) >= 11 is 0. The molecule has 0 unspecified atom stereocenters. The van der Waals surface area contributed by atoms with Crippen LogP contribution in [0.1, 0.15) is 83.1 Å². The molecule has 2 aromatic carbocycles. The van der Waals surface area contributed by atoms with Crippen LogP contribution in [-0.2, 0) is 24.0 Å². The molecule has 0 bridgehead atoms. The Morgan fingerprint density at radius 2 is 1.84 bits per heavy atom. The molecule has 3 heterocycles. The lowest BCUT2D eigenvalue weighted by atomic mass is 9.83. The van der Waals surface area contributed by atoms with Gasteiger partial charge in [0.15, 0.2) is 5.82 Å². The Kier molecular flexibility index (Phi) is 8.37. The van der Waals surface area contributed by atoms with Crippen molar-refractivity contribution in [2.45, 2.75) is 64.2 Å². The number of nitrogens with zero attached hydrogens (tertiary/aromatic N) is 4. The van der Waals surface area contributed by atoms with Gasteiger partial charge in [-0.25, -0.2) is 14.6 Å². The number of piperidine rings is 1. The average Bonchev–Trinajstić information content (AvgIpc) is 3.64. The fourth-order valence-electron chi connectivity index (χ4n) is 6.97. The van der Waals surface area contributed by atoms with Crippen LogP contribution in [0, 0.1) is 0 Å².